The second-order valence-corrected chi connectivity index (χ2v) is 11.8. The molecule has 208 valence electrons. The number of amides is 2. The van der Waals surface area contributed by atoms with Crippen LogP contribution in [0.15, 0.2) is 83.8 Å². The van der Waals surface area contributed by atoms with E-state index in [0.717, 1.165) is 27.4 Å². The lowest BCUT2D eigenvalue weighted by Crippen LogP contribution is -2.53. The first kappa shape index (κ1) is 29.9. The number of sulfonamides is 1. The Morgan fingerprint density at radius 1 is 0.821 bits per heavy atom. The summed E-state index contributed by atoms with van der Waals surface area (Å²) in [4.78, 5) is 28.9. The first-order valence-electron chi connectivity index (χ1n) is 13.4. The van der Waals surface area contributed by atoms with E-state index in [1.54, 1.807) is 30.3 Å². The van der Waals surface area contributed by atoms with Crippen molar-refractivity contribution in [2.24, 2.45) is 0 Å². The zero-order chi connectivity index (χ0) is 28.6. The van der Waals surface area contributed by atoms with Crippen molar-refractivity contribution in [3.8, 4) is 0 Å². The molecule has 0 fully saturated rings. The third-order valence-corrected chi connectivity index (χ3v) is 8.58. The minimum absolute atomic E-state index is 0.0506. The normalized spacial score (nSPS) is 12.8. The fourth-order valence-electron chi connectivity index (χ4n) is 4.21. The third kappa shape index (κ3) is 7.69. The molecule has 2 unspecified atom stereocenters. The van der Waals surface area contributed by atoms with Gasteiger partial charge in [0.25, 0.3) is 10.0 Å². The molecule has 0 aliphatic rings. The summed E-state index contributed by atoms with van der Waals surface area (Å²) in [7, 11) is -4.06. The van der Waals surface area contributed by atoms with Gasteiger partial charge in [-0.1, -0.05) is 79.6 Å². The molecule has 0 bridgehead atoms. The van der Waals surface area contributed by atoms with Gasteiger partial charge in [0.05, 0.1) is 10.6 Å². The largest absolute Gasteiger partial charge is 0.352 e. The van der Waals surface area contributed by atoms with Gasteiger partial charge >= 0.3 is 0 Å². The summed E-state index contributed by atoms with van der Waals surface area (Å²) in [5, 5.41) is 2.99. The summed E-state index contributed by atoms with van der Waals surface area (Å²) in [5.74, 6) is -0.707. The second kappa shape index (κ2) is 13.4. The number of anilines is 1. The van der Waals surface area contributed by atoms with E-state index in [1.807, 2.05) is 71.0 Å². The van der Waals surface area contributed by atoms with Crippen molar-refractivity contribution in [3.63, 3.8) is 0 Å². The number of hydrogen-bond donors (Lipinski definition) is 1. The number of aryl methyl sites for hydroxylation is 2. The highest BCUT2D eigenvalue weighted by Crippen LogP contribution is 2.25. The smallest absolute Gasteiger partial charge is 0.264 e. The molecule has 2 amide bonds. The van der Waals surface area contributed by atoms with Crippen LogP contribution in [0, 0.1) is 13.8 Å². The standard InChI is InChI=1S/C31H39N3O4S/c1-6-25(5)32-31(36)29(7-2)33(21-26-17-13-23(3)14-18-26)30(35)22-34(27-19-15-24(4)16-20-27)39(37,38)28-11-9-8-10-12-28/h8-20,25,29H,6-7,21-22H2,1-5H3,(H,32,36). The molecule has 0 aliphatic carbocycles. The Labute approximate surface area is 232 Å². The van der Waals surface area contributed by atoms with Gasteiger partial charge in [0.2, 0.25) is 11.8 Å². The highest BCUT2D eigenvalue weighted by atomic mass is 32.2. The summed E-state index contributed by atoms with van der Waals surface area (Å²) in [5.41, 5.74) is 3.29. The molecule has 39 heavy (non-hydrogen) atoms. The van der Waals surface area contributed by atoms with E-state index in [4.69, 9.17) is 0 Å². The number of nitrogens with one attached hydrogen (secondary N) is 1. The molecule has 0 spiro atoms. The van der Waals surface area contributed by atoms with Gasteiger partial charge in [0, 0.05) is 12.6 Å². The van der Waals surface area contributed by atoms with Crippen LogP contribution < -0.4 is 9.62 Å². The van der Waals surface area contributed by atoms with Crippen molar-refractivity contribution in [1.29, 1.82) is 0 Å². The summed E-state index contributed by atoms with van der Waals surface area (Å²) in [6, 6.07) is 22.0. The van der Waals surface area contributed by atoms with Crippen molar-refractivity contribution in [1.82, 2.24) is 10.2 Å². The van der Waals surface area contributed by atoms with Gasteiger partial charge in [-0.15, -0.1) is 0 Å². The van der Waals surface area contributed by atoms with Gasteiger partial charge < -0.3 is 10.2 Å². The zero-order valence-electron chi connectivity index (χ0n) is 23.4. The van der Waals surface area contributed by atoms with E-state index in [2.05, 4.69) is 5.32 Å². The molecule has 0 saturated carbocycles. The average molecular weight is 550 g/mol. The molecular formula is C31H39N3O4S. The predicted octanol–water partition coefficient (Wildman–Crippen LogP) is 5.22. The molecule has 7 nitrogen and oxygen atoms in total. The van der Waals surface area contributed by atoms with E-state index in [9.17, 15) is 18.0 Å². The number of rotatable bonds is 12. The lowest BCUT2D eigenvalue weighted by Gasteiger charge is -2.33. The Morgan fingerprint density at radius 3 is 1.92 bits per heavy atom. The van der Waals surface area contributed by atoms with Crippen LogP contribution in [-0.2, 0) is 26.2 Å². The summed E-state index contributed by atoms with van der Waals surface area (Å²) >= 11 is 0. The molecule has 8 heteroatoms. The number of benzene rings is 3. The molecule has 0 aliphatic heterocycles. The van der Waals surface area contributed by atoms with Crippen molar-refractivity contribution in [2.45, 2.75) is 71.0 Å². The SMILES string of the molecule is CCC(C)NC(=O)C(CC)N(Cc1ccc(C)cc1)C(=O)CN(c1ccc(C)cc1)S(=O)(=O)c1ccccc1. The maximum absolute atomic E-state index is 14.0. The predicted molar refractivity (Wildman–Crippen MR) is 156 cm³/mol. The zero-order valence-corrected chi connectivity index (χ0v) is 24.2. The Morgan fingerprint density at radius 2 is 1.38 bits per heavy atom. The van der Waals surface area contributed by atoms with Crippen LogP contribution in [0.5, 0.6) is 0 Å². The quantitative estimate of drug-likeness (QED) is 0.336. The molecule has 3 aromatic rings. The fourth-order valence-corrected chi connectivity index (χ4v) is 5.65. The van der Waals surface area contributed by atoms with Crippen LogP contribution in [0.3, 0.4) is 0 Å². The van der Waals surface area contributed by atoms with E-state index in [1.165, 1.54) is 17.0 Å². The van der Waals surface area contributed by atoms with Gasteiger partial charge in [0.1, 0.15) is 12.6 Å². The molecule has 0 saturated heterocycles. The molecule has 2 atom stereocenters. The first-order valence-corrected chi connectivity index (χ1v) is 14.8. The lowest BCUT2D eigenvalue weighted by molar-refractivity contribution is -0.140. The second-order valence-electron chi connectivity index (χ2n) is 9.91. The molecular weight excluding hydrogens is 510 g/mol. The van der Waals surface area contributed by atoms with Gasteiger partial charge in [-0.05, 0) is 63.4 Å². The Balaban J connectivity index is 2.03. The van der Waals surface area contributed by atoms with Crippen molar-refractivity contribution >= 4 is 27.5 Å². The van der Waals surface area contributed by atoms with Crippen LogP contribution in [0.1, 0.15) is 50.3 Å². The van der Waals surface area contributed by atoms with Crippen LogP contribution in [0.4, 0.5) is 5.69 Å². The van der Waals surface area contributed by atoms with E-state index in [0.29, 0.717) is 12.1 Å². The lowest BCUT2D eigenvalue weighted by atomic mass is 10.1. The van der Waals surface area contributed by atoms with Crippen LogP contribution in [0.25, 0.3) is 0 Å². The summed E-state index contributed by atoms with van der Waals surface area (Å²) in [6.45, 7) is 9.38. The minimum Gasteiger partial charge on any atom is -0.352 e. The van der Waals surface area contributed by atoms with Gasteiger partial charge in [-0.2, -0.15) is 0 Å². The van der Waals surface area contributed by atoms with Gasteiger partial charge in [-0.25, -0.2) is 8.42 Å². The Kier molecular flexibility index (Phi) is 10.3. The molecule has 3 aromatic carbocycles. The molecule has 0 aromatic heterocycles. The van der Waals surface area contributed by atoms with Gasteiger partial charge in [0.15, 0.2) is 0 Å². The number of hydrogen-bond acceptors (Lipinski definition) is 4. The first-order chi connectivity index (χ1) is 18.6. The van der Waals surface area contributed by atoms with Gasteiger partial charge in [-0.3, -0.25) is 13.9 Å². The maximum atomic E-state index is 14.0. The summed E-state index contributed by atoms with van der Waals surface area (Å²) < 4.78 is 28.7. The highest BCUT2D eigenvalue weighted by Gasteiger charge is 2.33. The van der Waals surface area contributed by atoms with Crippen LogP contribution in [0.2, 0.25) is 0 Å². The highest BCUT2D eigenvalue weighted by molar-refractivity contribution is 7.92. The minimum atomic E-state index is -4.06. The van der Waals surface area contributed by atoms with Crippen molar-refractivity contribution in [2.75, 3.05) is 10.8 Å². The molecule has 1 N–H and O–H groups in total. The van der Waals surface area contributed by atoms with Crippen molar-refractivity contribution < 1.29 is 18.0 Å². The number of carbonyl (C=O) groups is 2. The monoisotopic (exact) mass is 549 g/mol. The Hall–Kier alpha value is -3.65. The van der Waals surface area contributed by atoms with Crippen molar-refractivity contribution in [3.05, 3.63) is 95.6 Å². The van der Waals surface area contributed by atoms with Crippen LogP contribution in [-0.4, -0.2) is 43.8 Å². The number of nitrogens with zero attached hydrogens (tertiary/aromatic N) is 2. The van der Waals surface area contributed by atoms with E-state index < -0.39 is 28.5 Å². The Bertz CT molecular complexity index is 1340. The average Bonchev–Trinajstić information content (AvgIpc) is 2.93. The maximum Gasteiger partial charge on any atom is 0.264 e. The third-order valence-electron chi connectivity index (χ3n) is 6.79. The number of carbonyl (C=O) groups excluding carboxylic acids is 2. The summed E-state index contributed by atoms with van der Waals surface area (Å²) in [6.07, 6.45) is 1.14. The molecule has 0 radical (unpaired) electrons. The van der Waals surface area contributed by atoms with E-state index >= 15 is 0 Å². The van der Waals surface area contributed by atoms with Crippen LogP contribution >= 0.6 is 0 Å². The molecule has 3 rings (SSSR count). The topological polar surface area (TPSA) is 86.8 Å². The van der Waals surface area contributed by atoms with E-state index in [-0.39, 0.29) is 23.4 Å². The fraction of sp³-hybridized carbons (Fsp3) is 0.355. The molecule has 0 heterocycles.